The molecule has 1 aliphatic heterocycles. The van der Waals surface area contributed by atoms with E-state index in [1.807, 2.05) is 6.92 Å². The van der Waals surface area contributed by atoms with Crippen molar-refractivity contribution in [3.8, 4) is 11.5 Å². The van der Waals surface area contributed by atoms with Crippen LogP contribution in [-0.2, 0) is 10.0 Å². The molecule has 1 aliphatic rings. The van der Waals surface area contributed by atoms with E-state index in [1.165, 1.54) is 12.1 Å². The number of sulfonamides is 1. The van der Waals surface area contributed by atoms with Gasteiger partial charge in [0.05, 0.1) is 16.0 Å². The first-order chi connectivity index (χ1) is 13.8. The van der Waals surface area contributed by atoms with Gasteiger partial charge in [0.1, 0.15) is 11.5 Å². The zero-order valence-corrected chi connectivity index (χ0v) is 16.1. The molecule has 0 radical (unpaired) electrons. The zero-order valence-electron chi connectivity index (χ0n) is 15.3. The Bertz CT molecular complexity index is 1220. The van der Waals surface area contributed by atoms with Gasteiger partial charge in [-0.25, -0.2) is 8.42 Å². The third kappa shape index (κ3) is 3.83. The van der Waals surface area contributed by atoms with E-state index in [2.05, 4.69) is 10.0 Å². The van der Waals surface area contributed by atoms with Crippen LogP contribution < -0.4 is 14.8 Å². The maximum absolute atomic E-state index is 12.4. The topological polar surface area (TPSA) is 102 Å². The van der Waals surface area contributed by atoms with Crippen molar-refractivity contribution in [3.63, 3.8) is 0 Å². The minimum atomic E-state index is -3.69. The van der Waals surface area contributed by atoms with Gasteiger partial charge in [0.25, 0.3) is 21.8 Å². The van der Waals surface area contributed by atoms with E-state index in [9.17, 15) is 18.0 Å². The largest absolute Gasteiger partial charge is 0.457 e. The summed E-state index contributed by atoms with van der Waals surface area (Å²) in [5.41, 5.74) is 1.92. The molecule has 2 N–H and O–H groups in total. The smallest absolute Gasteiger partial charge is 0.261 e. The van der Waals surface area contributed by atoms with Gasteiger partial charge in [-0.1, -0.05) is 17.7 Å². The Balaban J connectivity index is 1.49. The Hall–Kier alpha value is -3.65. The van der Waals surface area contributed by atoms with Crippen molar-refractivity contribution >= 4 is 27.5 Å². The molecule has 1 heterocycles. The van der Waals surface area contributed by atoms with Crippen LogP contribution in [0.25, 0.3) is 0 Å². The summed E-state index contributed by atoms with van der Waals surface area (Å²) in [7, 11) is -3.69. The van der Waals surface area contributed by atoms with Gasteiger partial charge in [-0.3, -0.25) is 19.6 Å². The monoisotopic (exact) mass is 408 g/mol. The molecule has 3 aromatic rings. The van der Waals surface area contributed by atoms with Gasteiger partial charge in [-0.05, 0) is 61.5 Å². The number of nitrogens with one attached hydrogen (secondary N) is 2. The highest BCUT2D eigenvalue weighted by atomic mass is 32.2. The van der Waals surface area contributed by atoms with Gasteiger partial charge in [0.15, 0.2) is 0 Å². The molecule has 0 unspecified atom stereocenters. The molecule has 0 aromatic heterocycles. The van der Waals surface area contributed by atoms with Crippen LogP contribution in [0.4, 0.5) is 5.69 Å². The van der Waals surface area contributed by atoms with Crippen LogP contribution in [0.1, 0.15) is 26.3 Å². The van der Waals surface area contributed by atoms with E-state index in [0.29, 0.717) is 22.7 Å². The molecule has 0 saturated carbocycles. The van der Waals surface area contributed by atoms with Gasteiger partial charge in [-0.2, -0.15) is 0 Å². The average molecular weight is 408 g/mol. The molecule has 3 aromatic carbocycles. The number of anilines is 1. The predicted octanol–water partition coefficient (Wildman–Crippen LogP) is 3.47. The SMILES string of the molecule is Cc1ccc(S(=O)(=O)Nc2ccc(Oc3ccc4c(c3)C(=O)NC4=O)cc2)cc1. The second kappa shape index (κ2) is 7.06. The fourth-order valence-electron chi connectivity index (χ4n) is 2.87. The third-order valence-electron chi connectivity index (χ3n) is 4.38. The standard InChI is InChI=1S/C21H16N2O5S/c1-13-2-9-17(10-3-13)29(26,27)23-14-4-6-15(7-5-14)28-16-8-11-18-19(12-16)21(25)22-20(18)24/h2-12,23H,1H3,(H,22,24,25). The van der Waals surface area contributed by atoms with Gasteiger partial charge in [-0.15, -0.1) is 0 Å². The minimum Gasteiger partial charge on any atom is -0.457 e. The number of hydrogen-bond donors (Lipinski definition) is 2. The number of imide groups is 1. The molecule has 0 bridgehead atoms. The molecular formula is C21H16N2O5S. The zero-order chi connectivity index (χ0) is 20.6. The Morgan fingerprint density at radius 3 is 2.10 bits per heavy atom. The number of ether oxygens (including phenoxy) is 1. The molecule has 0 atom stereocenters. The number of benzene rings is 3. The first kappa shape index (κ1) is 18.7. The highest BCUT2D eigenvalue weighted by Crippen LogP contribution is 2.27. The Labute approximate surface area is 167 Å². The summed E-state index contributed by atoms with van der Waals surface area (Å²) >= 11 is 0. The Morgan fingerprint density at radius 1 is 0.793 bits per heavy atom. The van der Waals surface area contributed by atoms with Crippen molar-refractivity contribution in [1.29, 1.82) is 0 Å². The van der Waals surface area contributed by atoms with Gasteiger partial charge >= 0.3 is 0 Å². The lowest BCUT2D eigenvalue weighted by atomic mass is 10.1. The second-order valence-corrected chi connectivity index (χ2v) is 8.22. The van der Waals surface area contributed by atoms with Crippen molar-refractivity contribution in [2.24, 2.45) is 0 Å². The molecule has 2 amide bonds. The molecule has 0 saturated heterocycles. The molecule has 146 valence electrons. The lowest BCUT2D eigenvalue weighted by molar-refractivity contribution is 0.0879. The summed E-state index contributed by atoms with van der Waals surface area (Å²) in [4.78, 5) is 23.5. The van der Waals surface area contributed by atoms with Crippen LogP contribution in [0, 0.1) is 6.92 Å². The highest BCUT2D eigenvalue weighted by Gasteiger charge is 2.27. The van der Waals surface area contributed by atoms with Crippen LogP contribution >= 0.6 is 0 Å². The van der Waals surface area contributed by atoms with Crippen LogP contribution in [0.3, 0.4) is 0 Å². The molecule has 0 spiro atoms. The van der Waals surface area contributed by atoms with E-state index < -0.39 is 21.8 Å². The van der Waals surface area contributed by atoms with Gasteiger partial charge in [0.2, 0.25) is 0 Å². The van der Waals surface area contributed by atoms with Crippen molar-refractivity contribution < 1.29 is 22.7 Å². The number of rotatable bonds is 5. The van der Waals surface area contributed by atoms with E-state index in [1.54, 1.807) is 54.6 Å². The molecule has 0 aliphatic carbocycles. The fourth-order valence-corrected chi connectivity index (χ4v) is 3.93. The highest BCUT2D eigenvalue weighted by molar-refractivity contribution is 7.92. The summed E-state index contributed by atoms with van der Waals surface area (Å²) in [5, 5.41) is 2.22. The number of aryl methyl sites for hydroxylation is 1. The normalized spacial score (nSPS) is 13.0. The second-order valence-electron chi connectivity index (χ2n) is 6.54. The van der Waals surface area contributed by atoms with Gasteiger partial charge < -0.3 is 4.74 Å². The number of carbonyl (C=O) groups is 2. The van der Waals surface area contributed by atoms with E-state index in [0.717, 1.165) is 5.56 Å². The number of amides is 2. The Kier molecular flexibility index (Phi) is 4.56. The Morgan fingerprint density at radius 2 is 1.41 bits per heavy atom. The molecule has 0 fully saturated rings. The average Bonchev–Trinajstić information content (AvgIpc) is 2.97. The van der Waals surface area contributed by atoms with E-state index in [4.69, 9.17) is 4.74 Å². The van der Waals surface area contributed by atoms with Crippen LogP contribution in [0.15, 0.2) is 71.6 Å². The minimum absolute atomic E-state index is 0.175. The number of fused-ring (bicyclic) bond motifs is 1. The van der Waals surface area contributed by atoms with Crippen molar-refractivity contribution in [2.75, 3.05) is 4.72 Å². The van der Waals surface area contributed by atoms with Gasteiger partial charge in [0, 0.05) is 5.69 Å². The molecule has 8 heteroatoms. The van der Waals surface area contributed by atoms with Crippen molar-refractivity contribution in [1.82, 2.24) is 5.32 Å². The molecular weight excluding hydrogens is 392 g/mol. The fraction of sp³-hybridized carbons (Fsp3) is 0.0476. The summed E-state index contributed by atoms with van der Waals surface area (Å²) in [6.07, 6.45) is 0. The molecule has 29 heavy (non-hydrogen) atoms. The van der Waals surface area contributed by atoms with E-state index >= 15 is 0 Å². The number of hydrogen-bond acceptors (Lipinski definition) is 5. The van der Waals surface area contributed by atoms with E-state index in [-0.39, 0.29) is 10.5 Å². The lowest BCUT2D eigenvalue weighted by Crippen LogP contribution is -2.19. The maximum atomic E-state index is 12.4. The van der Waals surface area contributed by atoms with Crippen LogP contribution in [0.2, 0.25) is 0 Å². The maximum Gasteiger partial charge on any atom is 0.261 e. The van der Waals surface area contributed by atoms with Crippen LogP contribution in [-0.4, -0.2) is 20.2 Å². The third-order valence-corrected chi connectivity index (χ3v) is 5.78. The summed E-state index contributed by atoms with van der Waals surface area (Å²) in [6, 6.07) is 17.5. The first-order valence-corrected chi connectivity index (χ1v) is 10.2. The van der Waals surface area contributed by atoms with Crippen molar-refractivity contribution in [2.45, 2.75) is 11.8 Å². The first-order valence-electron chi connectivity index (χ1n) is 8.69. The quantitative estimate of drug-likeness (QED) is 0.630. The number of carbonyl (C=O) groups excluding carboxylic acids is 2. The molecule has 7 nitrogen and oxygen atoms in total. The van der Waals surface area contributed by atoms with Crippen LogP contribution in [0.5, 0.6) is 11.5 Å². The summed E-state index contributed by atoms with van der Waals surface area (Å²) < 4.78 is 33.1. The van der Waals surface area contributed by atoms with Crippen molar-refractivity contribution in [3.05, 3.63) is 83.4 Å². The summed E-state index contributed by atoms with van der Waals surface area (Å²) in [6.45, 7) is 1.88. The molecule has 4 rings (SSSR count). The summed E-state index contributed by atoms with van der Waals surface area (Å²) in [5.74, 6) is -0.0485. The lowest BCUT2D eigenvalue weighted by Gasteiger charge is -2.10. The predicted molar refractivity (Wildman–Crippen MR) is 107 cm³/mol.